The summed E-state index contributed by atoms with van der Waals surface area (Å²) in [6, 6.07) is 25.7. The molecule has 0 spiro atoms. The van der Waals surface area contributed by atoms with E-state index in [0.717, 1.165) is 9.52 Å². The summed E-state index contributed by atoms with van der Waals surface area (Å²) in [5, 5.41) is 2.63. The molecule has 0 nitrogen and oxygen atoms in total. The molecule has 30 heavy (non-hydrogen) atoms. The van der Waals surface area contributed by atoms with Crippen LogP contribution in [0.4, 0.5) is 0 Å². The Morgan fingerprint density at radius 3 is 1.57 bits per heavy atom. The van der Waals surface area contributed by atoms with Crippen LogP contribution in [0.15, 0.2) is 72.8 Å². The molecule has 0 fully saturated rings. The molecule has 4 heteroatoms. The van der Waals surface area contributed by atoms with Crippen LogP contribution in [0.5, 0.6) is 0 Å². The Kier molecular flexibility index (Phi) is 16.5. The summed E-state index contributed by atoms with van der Waals surface area (Å²) in [7, 11) is 1.08. The van der Waals surface area contributed by atoms with Gasteiger partial charge in [-0.2, -0.15) is 28.3 Å². The SMILES string of the molecule is C[Si]C.Cc1[cH-]c(C)c(C)c1C.[Cl-].[Cl-].[Hf+4].c1ccc(-c2cc3ccccc3[cH-]2)cc1. The Hall–Kier alpha value is -0.933. The summed E-state index contributed by atoms with van der Waals surface area (Å²) < 4.78 is 0. The van der Waals surface area contributed by atoms with Crippen LogP contribution in [0.3, 0.4) is 0 Å². The standard InChI is InChI=1S/C15H11.C9H13.C2H6Si.2ClH.Hf/c1-2-6-12(7-3-1)15-10-13-8-4-5-9-14(13)11-15;1-6-5-7(2)9(4)8(6)3;1-3-2;;;/h1-11H;5H,1-4H3;1-2H3;2*1H;/q2*-1;;;;+4/p-2. The molecule has 0 amide bonds. The van der Waals surface area contributed by atoms with E-state index in [1.165, 1.54) is 44.2 Å². The van der Waals surface area contributed by atoms with E-state index in [-0.39, 0.29) is 50.7 Å². The zero-order chi connectivity index (χ0) is 19.8. The number of benzene rings is 2. The molecule has 0 aliphatic heterocycles. The Morgan fingerprint density at radius 2 is 1.13 bits per heavy atom. The molecule has 0 saturated heterocycles. The maximum atomic E-state index is 2.24. The van der Waals surface area contributed by atoms with Gasteiger partial charge in [-0.15, -0.1) is 34.5 Å². The molecule has 4 aromatic rings. The van der Waals surface area contributed by atoms with E-state index in [9.17, 15) is 0 Å². The first-order chi connectivity index (χ1) is 13.0. The third kappa shape index (κ3) is 8.67. The van der Waals surface area contributed by atoms with Crippen LogP contribution < -0.4 is 24.8 Å². The van der Waals surface area contributed by atoms with E-state index in [1.807, 2.05) is 6.07 Å². The Balaban J connectivity index is 0. The number of hydrogen-bond donors (Lipinski definition) is 0. The first-order valence-electron chi connectivity index (χ1n) is 9.47. The van der Waals surface area contributed by atoms with Crippen molar-refractivity contribution in [1.29, 1.82) is 0 Å². The summed E-state index contributed by atoms with van der Waals surface area (Å²) in [6.45, 7) is 13.0. The summed E-state index contributed by atoms with van der Waals surface area (Å²) in [5.41, 5.74) is 8.33. The van der Waals surface area contributed by atoms with Gasteiger partial charge in [0.1, 0.15) is 0 Å². The molecule has 0 bridgehead atoms. The predicted molar refractivity (Wildman–Crippen MR) is 123 cm³/mol. The van der Waals surface area contributed by atoms with Gasteiger partial charge in [0.2, 0.25) is 0 Å². The molecule has 4 rings (SSSR count). The molecular formula is C26H30Cl2HfSi. The first kappa shape index (κ1) is 31.3. The van der Waals surface area contributed by atoms with Gasteiger partial charge in [0.15, 0.2) is 0 Å². The molecule has 156 valence electrons. The van der Waals surface area contributed by atoms with Crippen molar-refractivity contribution in [2.75, 3.05) is 0 Å². The number of fused-ring (bicyclic) bond motifs is 1. The van der Waals surface area contributed by atoms with Gasteiger partial charge in [0, 0.05) is 9.52 Å². The van der Waals surface area contributed by atoms with Crippen molar-refractivity contribution in [1.82, 2.24) is 0 Å². The fourth-order valence-corrected chi connectivity index (χ4v) is 3.08. The van der Waals surface area contributed by atoms with Gasteiger partial charge in [-0.25, -0.2) is 0 Å². The molecule has 0 saturated carbocycles. The fraction of sp³-hybridized carbons (Fsp3) is 0.231. The maximum absolute atomic E-state index is 2.24. The van der Waals surface area contributed by atoms with E-state index in [4.69, 9.17) is 0 Å². The predicted octanol–water partition coefficient (Wildman–Crippen LogP) is 1.66. The van der Waals surface area contributed by atoms with Crippen molar-refractivity contribution in [3.05, 3.63) is 95.1 Å². The van der Waals surface area contributed by atoms with Crippen molar-refractivity contribution in [3.63, 3.8) is 0 Å². The zero-order valence-corrected chi connectivity index (χ0v) is 24.8. The number of aryl methyl sites for hydroxylation is 2. The topological polar surface area (TPSA) is 0 Å². The van der Waals surface area contributed by atoms with Crippen molar-refractivity contribution in [2.24, 2.45) is 0 Å². The van der Waals surface area contributed by atoms with Crippen LogP contribution in [-0.4, -0.2) is 9.52 Å². The summed E-state index contributed by atoms with van der Waals surface area (Å²) in [6.07, 6.45) is 0. The summed E-state index contributed by atoms with van der Waals surface area (Å²) in [4.78, 5) is 0. The van der Waals surface area contributed by atoms with E-state index in [2.05, 4.69) is 108 Å². The van der Waals surface area contributed by atoms with Gasteiger partial charge in [-0.3, -0.25) is 0 Å². The Bertz CT molecular complexity index is 916. The molecule has 2 radical (unpaired) electrons. The minimum absolute atomic E-state index is 0. The van der Waals surface area contributed by atoms with E-state index in [0.29, 0.717) is 0 Å². The van der Waals surface area contributed by atoms with Crippen LogP contribution in [-0.2, 0) is 25.8 Å². The minimum Gasteiger partial charge on any atom is -1.00 e. The third-order valence-corrected chi connectivity index (χ3v) is 4.90. The molecule has 0 unspecified atom stereocenters. The van der Waals surface area contributed by atoms with E-state index >= 15 is 0 Å². The first-order valence-corrected chi connectivity index (χ1v) is 11.5. The molecule has 0 N–H and O–H groups in total. The Labute approximate surface area is 216 Å². The molecule has 0 heterocycles. The van der Waals surface area contributed by atoms with Gasteiger partial charge in [-0.1, -0.05) is 94.9 Å². The fourth-order valence-electron chi connectivity index (χ4n) is 3.08. The van der Waals surface area contributed by atoms with Crippen LogP contribution in [0, 0.1) is 27.7 Å². The molecule has 4 aromatic carbocycles. The largest absolute Gasteiger partial charge is 4.00 e. The molecule has 0 aliphatic carbocycles. The second-order valence-corrected chi connectivity index (χ2v) is 8.00. The van der Waals surface area contributed by atoms with E-state index in [1.54, 1.807) is 0 Å². The van der Waals surface area contributed by atoms with Gasteiger partial charge in [-0.05, 0) is 0 Å². The van der Waals surface area contributed by atoms with Crippen molar-refractivity contribution < 1.29 is 50.7 Å². The van der Waals surface area contributed by atoms with Crippen molar-refractivity contribution >= 4 is 20.3 Å². The molecular weight excluding hydrogens is 590 g/mol. The van der Waals surface area contributed by atoms with Gasteiger partial charge >= 0.3 is 25.8 Å². The monoisotopic (exact) mass is 620 g/mol. The summed E-state index contributed by atoms with van der Waals surface area (Å²) in [5.74, 6) is 0. The van der Waals surface area contributed by atoms with Crippen molar-refractivity contribution in [3.8, 4) is 11.1 Å². The smallest absolute Gasteiger partial charge is 1.00 e. The Morgan fingerprint density at radius 1 is 0.667 bits per heavy atom. The maximum Gasteiger partial charge on any atom is 4.00 e. The quantitative estimate of drug-likeness (QED) is 0.225. The third-order valence-electron chi connectivity index (χ3n) is 4.90. The van der Waals surface area contributed by atoms with Crippen molar-refractivity contribution in [2.45, 2.75) is 40.8 Å². The number of hydrogen-bond acceptors (Lipinski definition) is 0. The van der Waals surface area contributed by atoms with Crippen LogP contribution in [0.2, 0.25) is 13.1 Å². The van der Waals surface area contributed by atoms with E-state index < -0.39 is 0 Å². The normalized spacial score (nSPS) is 9.00. The van der Waals surface area contributed by atoms with Crippen LogP contribution in [0.25, 0.3) is 21.9 Å². The number of rotatable bonds is 1. The summed E-state index contributed by atoms with van der Waals surface area (Å²) >= 11 is 0. The van der Waals surface area contributed by atoms with Crippen LogP contribution in [0.1, 0.15) is 22.3 Å². The van der Waals surface area contributed by atoms with Gasteiger partial charge < -0.3 is 24.8 Å². The van der Waals surface area contributed by atoms with Gasteiger partial charge in [0.25, 0.3) is 0 Å². The second-order valence-electron chi connectivity index (χ2n) is 7.00. The second kappa shape index (κ2) is 15.8. The molecule has 0 aromatic heterocycles. The average molecular weight is 620 g/mol. The number of halogens is 2. The zero-order valence-electron chi connectivity index (χ0n) is 18.7. The van der Waals surface area contributed by atoms with Gasteiger partial charge in [0.05, 0.1) is 0 Å². The average Bonchev–Trinajstić information content (AvgIpc) is 3.21. The molecule has 0 aliphatic rings. The minimum atomic E-state index is 0. The molecule has 0 atom stereocenters. The van der Waals surface area contributed by atoms with Crippen LogP contribution >= 0.6 is 0 Å².